The van der Waals surface area contributed by atoms with Gasteiger partial charge in [0.05, 0.1) is 5.56 Å². The van der Waals surface area contributed by atoms with Crippen molar-refractivity contribution in [3.05, 3.63) is 46.8 Å². The first-order chi connectivity index (χ1) is 10.0. The minimum absolute atomic E-state index is 0.213. The highest BCUT2D eigenvalue weighted by Crippen LogP contribution is 2.24. The summed E-state index contributed by atoms with van der Waals surface area (Å²) < 4.78 is 0. The molecule has 0 aliphatic rings. The quantitative estimate of drug-likeness (QED) is 0.912. The predicted molar refractivity (Wildman–Crippen MR) is 86.4 cm³/mol. The predicted octanol–water partition coefficient (Wildman–Crippen LogP) is 2.43. The van der Waals surface area contributed by atoms with Crippen molar-refractivity contribution in [1.82, 2.24) is 5.32 Å². The van der Waals surface area contributed by atoms with Crippen LogP contribution in [0.3, 0.4) is 0 Å². The standard InChI is InChI=1S/C15H17N3O2S/c1-16-14(20)12-8-9-21-15(12)17-13(19)10-4-6-11(7-5-10)18(2)3/h4-9H,1-3H3,(H,16,20)(H,17,19). The lowest BCUT2D eigenvalue weighted by molar-refractivity contribution is 0.0964. The number of amides is 2. The Morgan fingerprint density at radius 3 is 2.29 bits per heavy atom. The Bertz CT molecular complexity index is 647. The Labute approximate surface area is 127 Å². The van der Waals surface area contributed by atoms with Gasteiger partial charge in [-0.15, -0.1) is 11.3 Å². The Hall–Kier alpha value is -2.34. The Morgan fingerprint density at radius 2 is 1.71 bits per heavy atom. The number of rotatable bonds is 4. The van der Waals surface area contributed by atoms with Crippen molar-refractivity contribution in [2.75, 3.05) is 31.4 Å². The van der Waals surface area contributed by atoms with Gasteiger partial charge >= 0.3 is 0 Å². The fourth-order valence-electron chi connectivity index (χ4n) is 1.81. The van der Waals surface area contributed by atoms with Crippen molar-refractivity contribution >= 4 is 33.8 Å². The van der Waals surface area contributed by atoms with Gasteiger partial charge in [-0.3, -0.25) is 9.59 Å². The monoisotopic (exact) mass is 303 g/mol. The van der Waals surface area contributed by atoms with E-state index in [1.807, 2.05) is 31.1 Å². The summed E-state index contributed by atoms with van der Waals surface area (Å²) in [5.74, 6) is -0.442. The zero-order chi connectivity index (χ0) is 15.4. The van der Waals surface area contributed by atoms with Crippen molar-refractivity contribution in [2.24, 2.45) is 0 Å². The number of benzene rings is 1. The summed E-state index contributed by atoms with van der Waals surface area (Å²) in [6.45, 7) is 0. The van der Waals surface area contributed by atoms with E-state index in [1.165, 1.54) is 11.3 Å². The first-order valence-corrected chi connectivity index (χ1v) is 7.29. The second-order valence-corrected chi connectivity index (χ2v) is 5.55. The number of hydrogen-bond donors (Lipinski definition) is 2. The van der Waals surface area contributed by atoms with Crippen molar-refractivity contribution in [3.8, 4) is 0 Å². The van der Waals surface area contributed by atoms with Crippen LogP contribution in [0.4, 0.5) is 10.7 Å². The normalized spacial score (nSPS) is 10.0. The van der Waals surface area contributed by atoms with Crippen LogP contribution in [-0.2, 0) is 0 Å². The smallest absolute Gasteiger partial charge is 0.256 e. The number of carbonyl (C=O) groups excluding carboxylic acids is 2. The SMILES string of the molecule is CNC(=O)c1ccsc1NC(=O)c1ccc(N(C)C)cc1. The maximum absolute atomic E-state index is 12.2. The average molecular weight is 303 g/mol. The van der Waals surface area contributed by atoms with E-state index in [0.29, 0.717) is 16.1 Å². The number of nitrogens with zero attached hydrogens (tertiary/aromatic N) is 1. The van der Waals surface area contributed by atoms with Gasteiger partial charge in [-0.1, -0.05) is 0 Å². The van der Waals surface area contributed by atoms with Crippen LogP contribution in [-0.4, -0.2) is 33.0 Å². The molecule has 0 spiro atoms. The van der Waals surface area contributed by atoms with Crippen molar-refractivity contribution in [2.45, 2.75) is 0 Å². The average Bonchev–Trinajstić information content (AvgIpc) is 2.94. The fraction of sp³-hybridized carbons (Fsp3) is 0.200. The van der Waals surface area contributed by atoms with E-state index in [1.54, 1.807) is 30.6 Å². The third-order valence-electron chi connectivity index (χ3n) is 3.01. The van der Waals surface area contributed by atoms with E-state index in [2.05, 4.69) is 10.6 Å². The molecule has 110 valence electrons. The first-order valence-electron chi connectivity index (χ1n) is 6.41. The zero-order valence-corrected chi connectivity index (χ0v) is 13.0. The molecule has 2 aromatic rings. The molecule has 0 aliphatic heterocycles. The van der Waals surface area contributed by atoms with Gasteiger partial charge in [0.25, 0.3) is 11.8 Å². The molecule has 2 rings (SSSR count). The van der Waals surface area contributed by atoms with Crippen LogP contribution in [0.1, 0.15) is 20.7 Å². The molecule has 21 heavy (non-hydrogen) atoms. The van der Waals surface area contributed by atoms with Crippen molar-refractivity contribution < 1.29 is 9.59 Å². The van der Waals surface area contributed by atoms with Gasteiger partial charge in [0.15, 0.2) is 0 Å². The molecule has 6 heteroatoms. The summed E-state index contributed by atoms with van der Waals surface area (Å²) in [6.07, 6.45) is 0. The molecule has 0 bridgehead atoms. The van der Waals surface area contributed by atoms with Gasteiger partial charge in [-0.2, -0.15) is 0 Å². The van der Waals surface area contributed by atoms with Crippen LogP contribution >= 0.6 is 11.3 Å². The van der Waals surface area contributed by atoms with Crippen LogP contribution in [0, 0.1) is 0 Å². The zero-order valence-electron chi connectivity index (χ0n) is 12.1. The minimum atomic E-state index is -0.229. The van der Waals surface area contributed by atoms with Crippen LogP contribution in [0.2, 0.25) is 0 Å². The van der Waals surface area contributed by atoms with Gasteiger partial charge in [-0.25, -0.2) is 0 Å². The first kappa shape index (κ1) is 15.1. The lowest BCUT2D eigenvalue weighted by Crippen LogP contribution is -2.20. The summed E-state index contributed by atoms with van der Waals surface area (Å²) in [5.41, 5.74) is 2.05. The topological polar surface area (TPSA) is 61.4 Å². The summed E-state index contributed by atoms with van der Waals surface area (Å²) in [5, 5.41) is 7.65. The van der Waals surface area contributed by atoms with E-state index >= 15 is 0 Å². The molecular formula is C15H17N3O2S. The van der Waals surface area contributed by atoms with Crippen LogP contribution in [0.25, 0.3) is 0 Å². The molecule has 0 unspecified atom stereocenters. The number of anilines is 2. The number of carbonyl (C=O) groups is 2. The number of thiophene rings is 1. The van der Waals surface area contributed by atoms with E-state index < -0.39 is 0 Å². The Morgan fingerprint density at radius 1 is 1.05 bits per heavy atom. The van der Waals surface area contributed by atoms with E-state index in [0.717, 1.165) is 5.69 Å². The summed E-state index contributed by atoms with van der Waals surface area (Å²) in [7, 11) is 5.44. The van der Waals surface area contributed by atoms with E-state index in [9.17, 15) is 9.59 Å². The Kier molecular flexibility index (Phi) is 4.59. The molecule has 2 N–H and O–H groups in total. The van der Waals surface area contributed by atoms with E-state index in [-0.39, 0.29) is 11.8 Å². The van der Waals surface area contributed by atoms with Crippen LogP contribution in [0.5, 0.6) is 0 Å². The second kappa shape index (κ2) is 6.41. The van der Waals surface area contributed by atoms with Gasteiger partial charge < -0.3 is 15.5 Å². The lowest BCUT2D eigenvalue weighted by atomic mass is 10.2. The summed E-state index contributed by atoms with van der Waals surface area (Å²) in [6, 6.07) is 8.97. The van der Waals surface area contributed by atoms with Gasteiger partial charge in [0, 0.05) is 32.4 Å². The third kappa shape index (κ3) is 3.41. The highest BCUT2D eigenvalue weighted by atomic mass is 32.1. The lowest BCUT2D eigenvalue weighted by Gasteiger charge is -2.12. The molecule has 1 aromatic carbocycles. The maximum Gasteiger partial charge on any atom is 0.256 e. The van der Waals surface area contributed by atoms with Crippen molar-refractivity contribution in [3.63, 3.8) is 0 Å². The maximum atomic E-state index is 12.2. The molecule has 0 saturated carbocycles. The molecule has 0 atom stereocenters. The molecular weight excluding hydrogens is 286 g/mol. The van der Waals surface area contributed by atoms with Gasteiger partial charge in [0.2, 0.25) is 0 Å². The third-order valence-corrected chi connectivity index (χ3v) is 3.84. The molecule has 0 aliphatic carbocycles. The number of hydrogen-bond acceptors (Lipinski definition) is 4. The summed E-state index contributed by atoms with van der Waals surface area (Å²) >= 11 is 1.32. The largest absolute Gasteiger partial charge is 0.378 e. The molecule has 0 radical (unpaired) electrons. The molecule has 1 heterocycles. The van der Waals surface area contributed by atoms with Crippen LogP contribution < -0.4 is 15.5 Å². The number of nitrogens with one attached hydrogen (secondary N) is 2. The second-order valence-electron chi connectivity index (χ2n) is 4.64. The van der Waals surface area contributed by atoms with Gasteiger partial charge in [0.1, 0.15) is 5.00 Å². The summed E-state index contributed by atoms with van der Waals surface area (Å²) in [4.78, 5) is 25.8. The molecule has 5 nitrogen and oxygen atoms in total. The highest BCUT2D eigenvalue weighted by molar-refractivity contribution is 7.14. The molecule has 0 fully saturated rings. The Balaban J connectivity index is 2.15. The molecule has 0 saturated heterocycles. The highest BCUT2D eigenvalue weighted by Gasteiger charge is 2.14. The molecule has 1 aromatic heterocycles. The van der Waals surface area contributed by atoms with Crippen molar-refractivity contribution in [1.29, 1.82) is 0 Å². The van der Waals surface area contributed by atoms with Crippen LogP contribution in [0.15, 0.2) is 35.7 Å². The van der Waals surface area contributed by atoms with Gasteiger partial charge in [-0.05, 0) is 35.7 Å². The fourth-order valence-corrected chi connectivity index (χ4v) is 2.59. The van der Waals surface area contributed by atoms with E-state index in [4.69, 9.17) is 0 Å². The minimum Gasteiger partial charge on any atom is -0.378 e. The molecule has 2 amide bonds.